The lowest BCUT2D eigenvalue weighted by molar-refractivity contribution is -0.189. The van der Waals surface area contributed by atoms with Gasteiger partial charge in [-0.15, -0.1) is 0 Å². The summed E-state index contributed by atoms with van der Waals surface area (Å²) in [7, 11) is 1.41. The van der Waals surface area contributed by atoms with E-state index in [0.29, 0.717) is 13.0 Å². The van der Waals surface area contributed by atoms with E-state index in [0.717, 1.165) is 18.9 Å². The molecule has 0 aliphatic rings. The number of halogens is 3. The molecule has 1 aromatic carbocycles. The number of carbonyl (C=O) groups excluding carboxylic acids is 3. The first-order chi connectivity index (χ1) is 21.1. The lowest BCUT2D eigenvalue weighted by Gasteiger charge is -2.30. The number of ether oxygens (including phenoxy) is 4. The van der Waals surface area contributed by atoms with E-state index >= 15 is 0 Å². The quantitative estimate of drug-likeness (QED) is 0.0673. The molecule has 258 valence electrons. The third kappa shape index (κ3) is 14.4. The number of nitrogens with two attached hydrogens (primary N) is 1. The highest BCUT2D eigenvalue weighted by molar-refractivity contribution is 5.98. The van der Waals surface area contributed by atoms with Gasteiger partial charge in [-0.2, -0.15) is 13.2 Å². The topological polar surface area (TPSA) is 158 Å². The third-order valence-electron chi connectivity index (χ3n) is 7.34. The molecule has 1 rings (SSSR count). The SMILES string of the molecule is CCCCNC(=O)[C@@H](C[C@H](O)[C@@H](N)C[C@H](CNC(=O)c1cccc(OC(=O)C(F)(F)F)c1OCCOCOC)C(C)C)C(C)C. The van der Waals surface area contributed by atoms with Crippen LogP contribution in [0.25, 0.3) is 0 Å². The molecule has 14 heteroatoms. The maximum absolute atomic E-state index is 13.3. The van der Waals surface area contributed by atoms with Crippen molar-refractivity contribution in [2.75, 3.05) is 40.2 Å². The summed E-state index contributed by atoms with van der Waals surface area (Å²) in [5.74, 6) is -4.83. The minimum Gasteiger partial charge on any atom is -0.486 e. The zero-order chi connectivity index (χ0) is 34.2. The van der Waals surface area contributed by atoms with Crippen LogP contribution in [0.3, 0.4) is 0 Å². The minimum absolute atomic E-state index is 0.0113. The standard InChI is InChI=1S/C31H50F3N3O8/c1-7-8-12-36-29(40)23(20(4)5)16-25(38)24(35)15-21(19(2)3)17-37-28(39)22-10-9-11-26(45-30(41)31(32,33)34)27(22)44-14-13-43-18-42-6/h9-11,19-21,23-25,38H,7-8,12-18,35H2,1-6H3,(H,36,40)(H,37,39)/t21-,23+,24+,25+/m1/s1. The number of nitrogens with one attached hydrogen (secondary N) is 2. The first-order valence-corrected chi connectivity index (χ1v) is 15.2. The Morgan fingerprint density at radius 2 is 1.71 bits per heavy atom. The zero-order valence-corrected chi connectivity index (χ0v) is 27.1. The number of carbonyl (C=O) groups is 3. The van der Waals surface area contributed by atoms with Crippen molar-refractivity contribution in [3.63, 3.8) is 0 Å². The monoisotopic (exact) mass is 649 g/mol. The number of para-hydroxylation sites is 1. The number of alkyl halides is 3. The van der Waals surface area contributed by atoms with Crippen LogP contribution in [0.2, 0.25) is 0 Å². The summed E-state index contributed by atoms with van der Waals surface area (Å²) in [5.41, 5.74) is 6.23. The number of hydrogen-bond acceptors (Lipinski definition) is 9. The number of aliphatic hydroxyl groups excluding tert-OH is 1. The second kappa shape index (κ2) is 20.2. The van der Waals surface area contributed by atoms with Crippen LogP contribution < -0.4 is 25.8 Å². The molecule has 11 nitrogen and oxygen atoms in total. The number of benzene rings is 1. The van der Waals surface area contributed by atoms with E-state index in [4.69, 9.17) is 19.9 Å². The predicted molar refractivity (Wildman–Crippen MR) is 162 cm³/mol. The fourth-order valence-electron chi connectivity index (χ4n) is 4.48. The predicted octanol–water partition coefficient (Wildman–Crippen LogP) is 3.81. The normalized spacial score (nSPS) is 14.5. The lowest BCUT2D eigenvalue weighted by Crippen LogP contribution is -2.44. The van der Waals surface area contributed by atoms with Crippen molar-refractivity contribution in [2.24, 2.45) is 29.4 Å². The Bertz CT molecular complexity index is 1060. The summed E-state index contributed by atoms with van der Waals surface area (Å²) in [6, 6.07) is 2.98. The molecule has 0 aliphatic carbocycles. The van der Waals surface area contributed by atoms with Crippen molar-refractivity contribution in [3.05, 3.63) is 23.8 Å². The third-order valence-corrected chi connectivity index (χ3v) is 7.34. The summed E-state index contributed by atoms with van der Waals surface area (Å²) in [6.45, 7) is 10.1. The van der Waals surface area contributed by atoms with Crippen LogP contribution in [0.15, 0.2) is 18.2 Å². The van der Waals surface area contributed by atoms with Gasteiger partial charge in [0.05, 0.1) is 18.3 Å². The van der Waals surface area contributed by atoms with Crippen molar-refractivity contribution >= 4 is 17.8 Å². The molecule has 0 aliphatic heterocycles. The largest absolute Gasteiger partial charge is 0.491 e. The van der Waals surface area contributed by atoms with E-state index in [1.54, 1.807) is 0 Å². The Morgan fingerprint density at radius 1 is 1.02 bits per heavy atom. The van der Waals surface area contributed by atoms with E-state index < -0.39 is 41.9 Å². The molecular formula is C31H50F3N3O8. The molecule has 0 spiro atoms. The van der Waals surface area contributed by atoms with Crippen molar-refractivity contribution in [1.82, 2.24) is 10.6 Å². The Morgan fingerprint density at radius 3 is 2.29 bits per heavy atom. The summed E-state index contributed by atoms with van der Waals surface area (Å²) >= 11 is 0. The van der Waals surface area contributed by atoms with E-state index in [1.165, 1.54) is 19.2 Å². The highest BCUT2D eigenvalue weighted by atomic mass is 19.4. The highest BCUT2D eigenvalue weighted by Gasteiger charge is 2.42. The van der Waals surface area contributed by atoms with Crippen LogP contribution in [-0.4, -0.2) is 81.4 Å². The van der Waals surface area contributed by atoms with Gasteiger partial charge < -0.3 is 40.4 Å². The van der Waals surface area contributed by atoms with Gasteiger partial charge in [0.2, 0.25) is 5.91 Å². The van der Waals surface area contributed by atoms with Gasteiger partial charge in [0.1, 0.15) is 13.4 Å². The number of unbranched alkanes of at least 4 members (excludes halogenated alkanes) is 1. The van der Waals surface area contributed by atoms with Gasteiger partial charge in [-0.05, 0) is 49.1 Å². The van der Waals surface area contributed by atoms with Gasteiger partial charge in [0, 0.05) is 32.2 Å². The number of rotatable bonds is 21. The van der Waals surface area contributed by atoms with E-state index in [9.17, 15) is 32.7 Å². The van der Waals surface area contributed by atoms with Crippen LogP contribution >= 0.6 is 0 Å². The molecule has 0 saturated carbocycles. The average Bonchev–Trinajstić information content (AvgIpc) is 2.97. The van der Waals surface area contributed by atoms with Gasteiger partial charge >= 0.3 is 12.1 Å². The molecular weight excluding hydrogens is 599 g/mol. The number of esters is 1. The van der Waals surface area contributed by atoms with Crippen molar-refractivity contribution < 1.29 is 51.6 Å². The fourth-order valence-corrected chi connectivity index (χ4v) is 4.48. The Balaban J connectivity index is 3.02. The number of amides is 2. The second-order valence-electron chi connectivity index (χ2n) is 11.6. The molecule has 1 aromatic rings. The minimum atomic E-state index is -5.26. The van der Waals surface area contributed by atoms with Crippen molar-refractivity contribution in [1.29, 1.82) is 0 Å². The maximum Gasteiger partial charge on any atom is 0.491 e. The smallest absolute Gasteiger partial charge is 0.486 e. The lowest BCUT2D eigenvalue weighted by atomic mass is 9.83. The fraction of sp³-hybridized carbons (Fsp3) is 0.710. The zero-order valence-electron chi connectivity index (χ0n) is 27.1. The van der Waals surface area contributed by atoms with Crippen LogP contribution in [0.4, 0.5) is 13.2 Å². The van der Waals surface area contributed by atoms with Crippen LogP contribution in [0.5, 0.6) is 11.5 Å². The van der Waals surface area contributed by atoms with Crippen LogP contribution in [0, 0.1) is 23.7 Å². The van der Waals surface area contributed by atoms with Crippen LogP contribution in [-0.2, 0) is 19.1 Å². The molecule has 0 aromatic heterocycles. The van der Waals surface area contributed by atoms with Crippen LogP contribution in [0.1, 0.15) is 70.7 Å². The average molecular weight is 650 g/mol. The summed E-state index contributed by atoms with van der Waals surface area (Å²) in [5, 5.41) is 16.6. The Labute approximate surface area is 263 Å². The number of methoxy groups -OCH3 is 1. The van der Waals surface area contributed by atoms with E-state index in [2.05, 4.69) is 15.4 Å². The molecule has 0 heterocycles. The summed E-state index contributed by atoms with van der Waals surface area (Å²) in [6.07, 6.45) is -3.91. The Kier molecular flexibility index (Phi) is 18.0. The molecule has 45 heavy (non-hydrogen) atoms. The maximum atomic E-state index is 13.3. The molecule has 0 saturated heterocycles. The molecule has 0 unspecified atom stereocenters. The molecule has 2 amide bonds. The molecule has 0 fully saturated rings. The summed E-state index contributed by atoms with van der Waals surface area (Å²) < 4.78 is 58.6. The molecule has 0 radical (unpaired) electrons. The number of aliphatic hydroxyl groups is 1. The van der Waals surface area contributed by atoms with Gasteiger partial charge in [-0.3, -0.25) is 9.59 Å². The van der Waals surface area contributed by atoms with Gasteiger partial charge in [0.25, 0.3) is 5.91 Å². The van der Waals surface area contributed by atoms with Gasteiger partial charge in [-0.25, -0.2) is 4.79 Å². The van der Waals surface area contributed by atoms with E-state index in [1.807, 2.05) is 34.6 Å². The molecule has 0 bridgehead atoms. The van der Waals surface area contributed by atoms with Gasteiger partial charge in [0.15, 0.2) is 11.5 Å². The number of hydrogen-bond donors (Lipinski definition) is 4. The van der Waals surface area contributed by atoms with Gasteiger partial charge in [-0.1, -0.05) is 47.1 Å². The first-order valence-electron chi connectivity index (χ1n) is 15.2. The van der Waals surface area contributed by atoms with Crippen molar-refractivity contribution in [2.45, 2.75) is 78.6 Å². The highest BCUT2D eigenvalue weighted by Crippen LogP contribution is 2.33. The van der Waals surface area contributed by atoms with Crippen molar-refractivity contribution in [3.8, 4) is 11.5 Å². The second-order valence-corrected chi connectivity index (χ2v) is 11.6. The molecule has 4 atom stereocenters. The van der Waals surface area contributed by atoms with E-state index in [-0.39, 0.29) is 67.9 Å². The Hall–Kier alpha value is -2.94. The summed E-state index contributed by atoms with van der Waals surface area (Å²) in [4.78, 5) is 37.5. The molecule has 5 N–H and O–H groups in total. The first kappa shape index (κ1) is 40.1.